The minimum atomic E-state index is -3.95. The van der Waals surface area contributed by atoms with Crippen LogP contribution in [-0.2, 0) is 21.2 Å². The molecule has 9 nitrogen and oxygen atoms in total. The first-order chi connectivity index (χ1) is 16.8. The van der Waals surface area contributed by atoms with Crippen molar-refractivity contribution in [1.82, 2.24) is 5.32 Å². The van der Waals surface area contributed by atoms with Gasteiger partial charge in [0.15, 0.2) is 0 Å². The summed E-state index contributed by atoms with van der Waals surface area (Å²) < 4.78 is 33.5. The van der Waals surface area contributed by atoms with Crippen molar-refractivity contribution in [1.29, 1.82) is 5.26 Å². The normalized spacial score (nSPS) is 11.0. The molecule has 0 unspecified atom stereocenters. The number of amides is 1. The zero-order valence-corrected chi connectivity index (χ0v) is 21.3. The van der Waals surface area contributed by atoms with Gasteiger partial charge in [-0.1, -0.05) is 48.5 Å². The van der Waals surface area contributed by atoms with Crippen LogP contribution in [0.2, 0.25) is 0 Å². The summed E-state index contributed by atoms with van der Waals surface area (Å²) in [4.78, 5) is 12.3. The fourth-order valence-corrected chi connectivity index (χ4v) is 4.21. The van der Waals surface area contributed by atoms with Crippen LogP contribution >= 0.6 is 12.4 Å². The number of benzene rings is 3. The minimum Gasteiger partial charge on any atom is -0.495 e. The van der Waals surface area contributed by atoms with Crippen LogP contribution in [0.3, 0.4) is 0 Å². The van der Waals surface area contributed by atoms with Crippen molar-refractivity contribution >= 4 is 45.4 Å². The van der Waals surface area contributed by atoms with Crippen LogP contribution in [0.25, 0.3) is 0 Å². The number of nitrogens with zero attached hydrogens (tertiary/aromatic N) is 2. The number of para-hydroxylation sites is 2. The molecule has 0 radical (unpaired) electrons. The summed E-state index contributed by atoms with van der Waals surface area (Å²) in [6, 6.07) is 22.4. The molecule has 3 aromatic carbocycles. The maximum absolute atomic E-state index is 12.9. The molecule has 3 N–H and O–H groups in total. The molecule has 1 amide bonds. The highest BCUT2D eigenvalue weighted by Crippen LogP contribution is 2.27. The van der Waals surface area contributed by atoms with Crippen molar-refractivity contribution in [2.24, 2.45) is 5.10 Å². The maximum Gasteiger partial charge on any atom is 0.282 e. The Morgan fingerprint density at radius 3 is 2.42 bits per heavy atom. The van der Waals surface area contributed by atoms with Gasteiger partial charge in [0.1, 0.15) is 11.8 Å². The topological polar surface area (TPSA) is 133 Å². The van der Waals surface area contributed by atoms with E-state index >= 15 is 0 Å². The Balaban J connectivity index is 0.00000456. The second kappa shape index (κ2) is 13.1. The van der Waals surface area contributed by atoms with Gasteiger partial charge in [0.2, 0.25) is 5.71 Å². The number of anilines is 2. The van der Waals surface area contributed by atoms with E-state index in [0.717, 1.165) is 5.56 Å². The van der Waals surface area contributed by atoms with Crippen LogP contribution in [0.4, 0.5) is 11.4 Å². The molecular weight excluding hydrogens is 502 g/mol. The number of nitrogens with one attached hydrogen (secondary N) is 3. The molecule has 0 spiro atoms. The van der Waals surface area contributed by atoms with Gasteiger partial charge in [-0.05, 0) is 48.7 Å². The van der Waals surface area contributed by atoms with E-state index in [1.54, 1.807) is 43.3 Å². The Morgan fingerprint density at radius 1 is 1.03 bits per heavy atom. The van der Waals surface area contributed by atoms with E-state index in [9.17, 15) is 18.5 Å². The molecule has 0 aliphatic carbocycles. The molecule has 0 fully saturated rings. The van der Waals surface area contributed by atoms with Gasteiger partial charge in [0.05, 0.1) is 23.4 Å². The van der Waals surface area contributed by atoms with E-state index in [-0.39, 0.29) is 23.0 Å². The lowest BCUT2D eigenvalue weighted by molar-refractivity contribution is -0.114. The van der Waals surface area contributed by atoms with E-state index in [4.69, 9.17) is 4.74 Å². The zero-order chi connectivity index (χ0) is 25.3. The molecule has 0 aromatic heterocycles. The van der Waals surface area contributed by atoms with Crippen LogP contribution in [0.15, 0.2) is 82.8 Å². The van der Waals surface area contributed by atoms with E-state index < -0.39 is 15.9 Å². The molecule has 0 aliphatic rings. The number of carbonyl (C=O) groups is 1. The third-order valence-electron chi connectivity index (χ3n) is 5.02. The number of rotatable bonds is 10. The maximum atomic E-state index is 12.9. The van der Waals surface area contributed by atoms with Gasteiger partial charge in [-0.15, -0.1) is 12.4 Å². The largest absolute Gasteiger partial charge is 0.495 e. The van der Waals surface area contributed by atoms with Crippen molar-refractivity contribution in [3.63, 3.8) is 0 Å². The fraction of sp³-hybridized carbons (Fsp3) is 0.160. The highest BCUT2D eigenvalue weighted by molar-refractivity contribution is 7.92. The number of carbonyl (C=O) groups excluding carboxylic acids is 1. The number of nitriles is 1. The van der Waals surface area contributed by atoms with Crippen molar-refractivity contribution in [3.8, 4) is 11.8 Å². The summed E-state index contributed by atoms with van der Waals surface area (Å²) in [7, 11) is -2.50. The van der Waals surface area contributed by atoms with Gasteiger partial charge in [0, 0.05) is 6.54 Å². The molecule has 0 aliphatic heterocycles. The third-order valence-corrected chi connectivity index (χ3v) is 6.39. The number of halogens is 1. The lowest BCUT2D eigenvalue weighted by Crippen LogP contribution is -2.32. The van der Waals surface area contributed by atoms with E-state index in [0.29, 0.717) is 35.7 Å². The third kappa shape index (κ3) is 7.46. The van der Waals surface area contributed by atoms with E-state index in [1.807, 2.05) is 30.3 Å². The summed E-state index contributed by atoms with van der Waals surface area (Å²) in [6.07, 6.45) is 0.608. The highest BCUT2D eigenvalue weighted by atomic mass is 35.5. The SMILES string of the molecule is COc1ccccc1NS(=O)(=O)c1ccc(C)c(N/N=C(/C#N)C(=O)NCCc2ccccc2)c1.Cl. The van der Waals surface area contributed by atoms with Crippen molar-refractivity contribution in [2.45, 2.75) is 18.2 Å². The minimum absolute atomic E-state index is 0. The lowest BCUT2D eigenvalue weighted by atomic mass is 10.1. The quantitative estimate of drug-likeness (QED) is 0.271. The number of hydrazone groups is 1. The summed E-state index contributed by atoms with van der Waals surface area (Å²) in [6.45, 7) is 2.08. The Labute approximate surface area is 216 Å². The smallest absolute Gasteiger partial charge is 0.282 e. The lowest BCUT2D eigenvalue weighted by Gasteiger charge is -2.13. The Hall–Kier alpha value is -4.07. The van der Waals surface area contributed by atoms with Crippen molar-refractivity contribution < 1.29 is 17.9 Å². The van der Waals surface area contributed by atoms with Crippen LogP contribution in [0.1, 0.15) is 11.1 Å². The van der Waals surface area contributed by atoms with Crippen LogP contribution in [0.5, 0.6) is 5.75 Å². The number of aryl methyl sites for hydroxylation is 1. The summed E-state index contributed by atoms with van der Waals surface area (Å²) >= 11 is 0. The molecule has 188 valence electrons. The first kappa shape index (κ1) is 28.2. The number of ether oxygens (including phenoxy) is 1. The van der Waals surface area contributed by atoms with Gasteiger partial charge >= 0.3 is 0 Å². The fourth-order valence-electron chi connectivity index (χ4n) is 3.11. The number of sulfonamides is 1. The Kier molecular flexibility index (Phi) is 10.3. The Bertz CT molecular complexity index is 1370. The number of hydrogen-bond donors (Lipinski definition) is 3. The van der Waals surface area contributed by atoms with Crippen LogP contribution in [0, 0.1) is 18.3 Å². The number of methoxy groups -OCH3 is 1. The summed E-state index contributed by atoms with van der Waals surface area (Å²) in [5.41, 5.74) is 4.61. The number of hydrogen-bond acceptors (Lipinski definition) is 7. The average molecular weight is 528 g/mol. The zero-order valence-electron chi connectivity index (χ0n) is 19.7. The molecule has 0 atom stereocenters. The van der Waals surface area contributed by atoms with Gasteiger partial charge in [0.25, 0.3) is 15.9 Å². The predicted molar refractivity (Wildman–Crippen MR) is 142 cm³/mol. The van der Waals surface area contributed by atoms with Crippen LogP contribution < -0.4 is 20.2 Å². The molecule has 11 heteroatoms. The van der Waals surface area contributed by atoms with Gasteiger partial charge < -0.3 is 10.1 Å². The van der Waals surface area contributed by atoms with E-state index in [2.05, 4.69) is 20.6 Å². The predicted octanol–water partition coefficient (Wildman–Crippen LogP) is 3.88. The van der Waals surface area contributed by atoms with Gasteiger partial charge in [-0.3, -0.25) is 14.9 Å². The second-order valence-corrected chi connectivity index (χ2v) is 9.14. The molecular formula is C25H26ClN5O4S. The first-order valence-corrected chi connectivity index (χ1v) is 12.1. The van der Waals surface area contributed by atoms with Gasteiger partial charge in [-0.2, -0.15) is 10.4 Å². The van der Waals surface area contributed by atoms with Crippen LogP contribution in [-0.4, -0.2) is 33.7 Å². The molecule has 0 bridgehead atoms. The first-order valence-electron chi connectivity index (χ1n) is 10.7. The monoisotopic (exact) mass is 527 g/mol. The second-order valence-electron chi connectivity index (χ2n) is 7.46. The molecule has 0 saturated carbocycles. The summed E-state index contributed by atoms with van der Waals surface area (Å²) in [5, 5.41) is 15.9. The molecule has 3 rings (SSSR count). The summed E-state index contributed by atoms with van der Waals surface area (Å²) in [5.74, 6) is -0.252. The molecule has 36 heavy (non-hydrogen) atoms. The van der Waals surface area contributed by atoms with Gasteiger partial charge in [-0.25, -0.2) is 8.42 Å². The average Bonchev–Trinajstić information content (AvgIpc) is 2.86. The standard InChI is InChI=1S/C25H25N5O4S.ClH/c1-18-12-13-20(35(32,33)30-21-10-6-7-11-24(21)34-2)16-22(18)28-29-23(17-26)25(31)27-15-14-19-8-4-3-5-9-19;/h3-13,16,28,30H,14-15H2,1-2H3,(H,27,31);1H/b29-23-;. The van der Waals surface area contributed by atoms with Crippen molar-refractivity contribution in [3.05, 3.63) is 83.9 Å². The molecule has 0 heterocycles. The Morgan fingerprint density at radius 2 is 1.72 bits per heavy atom. The highest BCUT2D eigenvalue weighted by Gasteiger charge is 2.18. The van der Waals surface area contributed by atoms with Crippen molar-refractivity contribution in [2.75, 3.05) is 23.8 Å². The molecule has 0 saturated heterocycles. The van der Waals surface area contributed by atoms with E-state index in [1.165, 1.54) is 19.2 Å². The molecule has 3 aromatic rings.